The lowest BCUT2D eigenvalue weighted by Crippen LogP contribution is -2.51. The molecule has 7 heterocycles. The number of likely N-dealkylation sites (tertiary alicyclic amines) is 2. The first kappa shape index (κ1) is 45.1. The first-order valence-electron chi connectivity index (χ1n) is 18.4. The van der Waals surface area contributed by atoms with Crippen LogP contribution in [0, 0.1) is 11.7 Å². The minimum atomic E-state index is -0.477. The Balaban J connectivity index is 0.000000338. The fraction of sp³-hybridized carbons (Fsp3) is 0.317. The number of rotatable bonds is 7. The van der Waals surface area contributed by atoms with Crippen LogP contribution >= 0.6 is 27.5 Å². The smallest absolute Gasteiger partial charge is 0.272 e. The highest BCUT2D eigenvalue weighted by Gasteiger charge is 2.45. The average Bonchev–Trinajstić information content (AvgIpc) is 4.08. The highest BCUT2D eigenvalue weighted by atomic mass is 79.9. The quantitative estimate of drug-likeness (QED) is 0.161. The predicted octanol–water partition coefficient (Wildman–Crippen LogP) is 5.91. The summed E-state index contributed by atoms with van der Waals surface area (Å²) in [4.78, 5) is 68.0. The number of carbonyl (C=O) groups excluding carboxylic acids is 3. The number of halogens is 3. The highest BCUT2D eigenvalue weighted by molar-refractivity contribution is 9.10. The number of nitrogens with zero attached hydrogens (tertiary/aromatic N) is 10. The zero-order valence-corrected chi connectivity index (χ0v) is 33.5. The SMILES string of the molecule is Brc1ncccn1.C.C.CNC(=O)c1n[nH]c2ccc(NC(=O)[C@@H]3CCN(CC(=O)N4C[C@@H]5C[C@H]4CN5c4ccc(-c5ncccn5)cc4)C3)cc12.Fc1cnc(Cl)nc1. The summed E-state index contributed by atoms with van der Waals surface area (Å²) in [5.74, 6) is -0.215. The van der Waals surface area contributed by atoms with E-state index >= 15 is 0 Å². The molecule has 0 radical (unpaired) electrons. The van der Waals surface area contributed by atoms with Gasteiger partial charge in [-0.25, -0.2) is 34.3 Å². The van der Waals surface area contributed by atoms with Crippen molar-refractivity contribution in [1.82, 2.24) is 55.2 Å². The van der Waals surface area contributed by atoms with E-state index in [-0.39, 0.29) is 55.5 Å². The zero-order valence-electron chi connectivity index (χ0n) is 31.2. The number of benzene rings is 2. The second kappa shape index (κ2) is 20.8. The maximum absolute atomic E-state index is 13.3. The number of hydrogen-bond donors (Lipinski definition) is 3. The summed E-state index contributed by atoms with van der Waals surface area (Å²) in [5.41, 5.74) is 3.76. The summed E-state index contributed by atoms with van der Waals surface area (Å²) in [5, 5.41) is 13.2. The molecular weight excluding hydrogens is 857 g/mol. The molecule has 16 nitrogen and oxygen atoms in total. The molecule has 6 aromatic rings. The molecule has 0 unspecified atom stereocenters. The van der Waals surface area contributed by atoms with Crippen LogP contribution in [-0.4, -0.2) is 119 Å². The monoisotopic (exact) mass is 901 g/mol. The summed E-state index contributed by atoms with van der Waals surface area (Å²) in [6, 6.07) is 17.8. The maximum atomic E-state index is 13.3. The zero-order chi connectivity index (χ0) is 40.6. The standard InChI is InChI=1S/C31H33N9O3.C4H3BrN2.C4H2ClFN2.2CH4/c1-32-31(43)28-25-13-21(5-8-26(25)36-37-28)35-30(42)20-9-12-38(15-20)18-27(41)40-17-23-14-24(40)16-39(23)22-6-3-19(4-7-22)29-33-10-2-11-34-29;5-4-6-2-1-3-7-4;5-4-7-1-3(6)2-8-4;;/h2-8,10-11,13,20,23-24H,9,12,14-18H2,1H3,(H,32,43)(H,35,42)(H,36,37);1-3H;1-2H;2*1H4/t20-,23+,24+;;;;/m1..../s1. The molecule has 0 saturated carbocycles. The van der Waals surface area contributed by atoms with Gasteiger partial charge in [-0.2, -0.15) is 5.10 Å². The summed E-state index contributed by atoms with van der Waals surface area (Å²) >= 11 is 8.31. The first-order chi connectivity index (χ1) is 28.1. The van der Waals surface area contributed by atoms with Crippen molar-refractivity contribution in [2.45, 2.75) is 39.8 Å². The Kier molecular flexibility index (Phi) is 15.7. The number of piperazine rings is 1. The normalized spacial score (nSPS) is 17.6. The number of anilines is 2. The van der Waals surface area contributed by atoms with Gasteiger partial charge in [0.2, 0.25) is 17.1 Å². The van der Waals surface area contributed by atoms with Crippen molar-refractivity contribution >= 4 is 67.5 Å². The Morgan fingerprint density at radius 2 is 1.58 bits per heavy atom. The van der Waals surface area contributed by atoms with Gasteiger partial charge in [-0.05, 0) is 102 Å². The van der Waals surface area contributed by atoms with E-state index in [9.17, 15) is 18.8 Å². The second-order valence-corrected chi connectivity index (χ2v) is 14.7. The van der Waals surface area contributed by atoms with E-state index in [4.69, 9.17) is 11.6 Å². The third kappa shape index (κ3) is 11.0. The van der Waals surface area contributed by atoms with Crippen molar-refractivity contribution in [2.75, 3.05) is 50.0 Å². The summed E-state index contributed by atoms with van der Waals surface area (Å²) < 4.78 is 12.5. The van der Waals surface area contributed by atoms with Gasteiger partial charge in [0.05, 0.1) is 36.4 Å². The van der Waals surface area contributed by atoms with E-state index in [0.717, 1.165) is 48.7 Å². The van der Waals surface area contributed by atoms with Crippen molar-refractivity contribution in [3.05, 3.63) is 113 Å². The largest absolute Gasteiger partial charge is 0.365 e. The number of fused-ring (bicyclic) bond motifs is 3. The molecule has 9 rings (SSSR count). The van der Waals surface area contributed by atoms with Gasteiger partial charge in [-0.3, -0.25) is 24.4 Å². The number of aromatic nitrogens is 8. The molecule has 2 aromatic carbocycles. The summed E-state index contributed by atoms with van der Waals surface area (Å²) in [6.45, 7) is 3.12. The van der Waals surface area contributed by atoms with Crippen molar-refractivity contribution in [3.63, 3.8) is 0 Å². The molecule has 2 bridgehead atoms. The molecule has 4 aromatic heterocycles. The average molecular weight is 903 g/mol. The molecule has 3 amide bonds. The number of carbonyl (C=O) groups is 3. The van der Waals surface area contributed by atoms with Crippen LogP contribution in [0.5, 0.6) is 0 Å². The lowest BCUT2D eigenvalue weighted by atomic mass is 10.1. The van der Waals surface area contributed by atoms with Gasteiger partial charge in [0.25, 0.3) is 5.91 Å². The van der Waals surface area contributed by atoms with Crippen molar-refractivity contribution in [1.29, 1.82) is 0 Å². The molecule has 0 aliphatic carbocycles. The van der Waals surface area contributed by atoms with Crippen LogP contribution in [0.25, 0.3) is 22.3 Å². The Morgan fingerprint density at radius 3 is 2.18 bits per heavy atom. The van der Waals surface area contributed by atoms with E-state index in [1.54, 1.807) is 56.1 Å². The van der Waals surface area contributed by atoms with Gasteiger partial charge < -0.3 is 20.4 Å². The van der Waals surface area contributed by atoms with E-state index < -0.39 is 5.82 Å². The molecule has 3 aliphatic heterocycles. The summed E-state index contributed by atoms with van der Waals surface area (Å²) in [7, 11) is 1.55. The molecule has 19 heteroatoms. The lowest BCUT2D eigenvalue weighted by Gasteiger charge is -2.36. The molecule has 3 fully saturated rings. The van der Waals surface area contributed by atoms with Crippen LogP contribution < -0.4 is 15.5 Å². The highest BCUT2D eigenvalue weighted by Crippen LogP contribution is 2.35. The molecule has 3 N–H and O–H groups in total. The summed E-state index contributed by atoms with van der Waals surface area (Å²) in [6.07, 6.45) is 10.5. The number of nitrogens with one attached hydrogen (secondary N) is 3. The van der Waals surface area contributed by atoms with Gasteiger partial charge in [-0.15, -0.1) is 0 Å². The molecule has 3 saturated heterocycles. The van der Waals surface area contributed by atoms with Gasteiger partial charge >= 0.3 is 0 Å². The number of H-pyrrole nitrogens is 1. The van der Waals surface area contributed by atoms with Gasteiger partial charge in [-0.1, -0.05) is 14.9 Å². The molecule has 314 valence electrons. The molecular formula is C41H46BrClFN13O3. The van der Waals surface area contributed by atoms with Gasteiger partial charge in [0.15, 0.2) is 22.1 Å². The minimum absolute atomic E-state index is 0. The lowest BCUT2D eigenvalue weighted by molar-refractivity contribution is -0.133. The van der Waals surface area contributed by atoms with E-state index in [2.05, 4.69) is 101 Å². The number of hydrogen-bond acceptors (Lipinski definition) is 12. The molecule has 3 atom stereocenters. The molecule has 60 heavy (non-hydrogen) atoms. The third-order valence-corrected chi connectivity index (χ3v) is 10.6. The molecule has 0 spiro atoms. The Hall–Kier alpha value is -5.98. The van der Waals surface area contributed by atoms with Crippen molar-refractivity contribution < 1.29 is 18.8 Å². The first-order valence-corrected chi connectivity index (χ1v) is 19.5. The van der Waals surface area contributed by atoms with Crippen molar-refractivity contribution in [2.24, 2.45) is 5.92 Å². The molecule has 3 aliphatic rings. The van der Waals surface area contributed by atoms with Crippen LogP contribution in [0.2, 0.25) is 5.28 Å². The Labute approximate surface area is 360 Å². The Bertz CT molecular complexity index is 2320. The van der Waals surface area contributed by atoms with Crippen LogP contribution in [0.4, 0.5) is 15.8 Å². The van der Waals surface area contributed by atoms with Gasteiger partial charge in [0, 0.05) is 79.8 Å². The van der Waals surface area contributed by atoms with E-state index in [1.165, 1.54) is 0 Å². The van der Waals surface area contributed by atoms with Crippen LogP contribution in [0.1, 0.15) is 38.2 Å². The third-order valence-electron chi connectivity index (χ3n) is 9.98. The predicted molar refractivity (Wildman–Crippen MR) is 232 cm³/mol. The number of aromatic amines is 1. The minimum Gasteiger partial charge on any atom is -0.365 e. The van der Waals surface area contributed by atoms with Crippen LogP contribution in [0.15, 0.2) is 96.5 Å². The maximum Gasteiger partial charge on any atom is 0.272 e. The number of amides is 3. The Morgan fingerprint density at radius 1 is 0.900 bits per heavy atom. The van der Waals surface area contributed by atoms with E-state index in [0.29, 0.717) is 53.7 Å². The fourth-order valence-electron chi connectivity index (χ4n) is 7.22. The topological polar surface area (TPSA) is 191 Å². The van der Waals surface area contributed by atoms with Crippen LogP contribution in [-0.2, 0) is 9.59 Å². The second-order valence-electron chi connectivity index (χ2n) is 13.7. The van der Waals surface area contributed by atoms with Gasteiger partial charge in [0.1, 0.15) is 0 Å². The fourth-order valence-corrected chi connectivity index (χ4v) is 7.55. The van der Waals surface area contributed by atoms with Crippen LogP contribution in [0.3, 0.4) is 0 Å². The van der Waals surface area contributed by atoms with Crippen molar-refractivity contribution in [3.8, 4) is 11.4 Å². The van der Waals surface area contributed by atoms with E-state index in [1.807, 2.05) is 11.0 Å².